The molecule has 0 radical (unpaired) electrons. The Kier molecular flexibility index (Phi) is 10.3. The van der Waals surface area contributed by atoms with Crippen molar-refractivity contribution in [1.29, 1.82) is 0 Å². The first-order chi connectivity index (χ1) is 19.0. The topological polar surface area (TPSA) is 123 Å². The maximum Gasteiger partial charge on any atom is 0.247 e. The van der Waals surface area contributed by atoms with Crippen LogP contribution in [0.5, 0.6) is 11.5 Å². The van der Waals surface area contributed by atoms with Crippen LogP contribution in [0.1, 0.15) is 56.5 Å². The number of nitrogens with zero attached hydrogens (tertiary/aromatic N) is 2. The molecule has 0 spiro atoms. The summed E-state index contributed by atoms with van der Waals surface area (Å²) >= 11 is 0. The average molecular weight is 551 g/mol. The Morgan fingerprint density at radius 2 is 1.73 bits per heavy atom. The van der Waals surface area contributed by atoms with E-state index in [-0.39, 0.29) is 42.9 Å². The summed E-state index contributed by atoms with van der Waals surface area (Å²) in [4.78, 5) is 41.8. The summed E-state index contributed by atoms with van der Waals surface area (Å²) in [6, 6.07) is 15.5. The van der Waals surface area contributed by atoms with Crippen LogP contribution in [0.25, 0.3) is 0 Å². The Morgan fingerprint density at radius 1 is 1.00 bits per heavy atom. The molecule has 0 saturated carbocycles. The lowest BCUT2D eigenvalue weighted by molar-refractivity contribution is -0.142. The van der Waals surface area contributed by atoms with Gasteiger partial charge in [0.1, 0.15) is 11.8 Å². The fraction of sp³-hybridized carbons (Fsp3) is 0.400. The van der Waals surface area contributed by atoms with Gasteiger partial charge < -0.3 is 29.5 Å². The minimum Gasteiger partial charge on any atom is -0.493 e. The van der Waals surface area contributed by atoms with E-state index in [1.54, 1.807) is 31.2 Å². The van der Waals surface area contributed by atoms with Crippen molar-refractivity contribution in [3.8, 4) is 11.5 Å². The summed E-state index contributed by atoms with van der Waals surface area (Å²) in [6.07, 6.45) is 0.279. The summed E-state index contributed by atoms with van der Waals surface area (Å²) in [7, 11) is 3.01. The minimum atomic E-state index is -1.04. The second kappa shape index (κ2) is 13.6. The quantitative estimate of drug-likeness (QED) is 0.342. The van der Waals surface area contributed by atoms with Crippen LogP contribution in [0.2, 0.25) is 0 Å². The van der Waals surface area contributed by atoms with Gasteiger partial charge in [-0.15, -0.1) is 0 Å². The van der Waals surface area contributed by atoms with Gasteiger partial charge in [-0.05, 0) is 45.7 Å². The lowest BCUT2D eigenvalue weighted by atomic mass is 9.98. The van der Waals surface area contributed by atoms with Crippen molar-refractivity contribution in [1.82, 2.24) is 15.4 Å². The first-order valence-corrected chi connectivity index (χ1v) is 13.1. The highest BCUT2D eigenvalue weighted by molar-refractivity contribution is 5.94. The first-order valence-electron chi connectivity index (χ1n) is 13.1. The van der Waals surface area contributed by atoms with E-state index in [1.165, 1.54) is 19.1 Å². The zero-order chi connectivity index (χ0) is 29.3. The molecule has 0 aliphatic carbocycles. The predicted molar refractivity (Wildman–Crippen MR) is 151 cm³/mol. The van der Waals surface area contributed by atoms with Gasteiger partial charge in [-0.2, -0.15) is 0 Å². The first kappa shape index (κ1) is 30.2. The Labute approximate surface area is 235 Å². The molecule has 0 fully saturated rings. The Morgan fingerprint density at radius 3 is 2.33 bits per heavy atom. The fourth-order valence-electron chi connectivity index (χ4n) is 4.30. The second-order valence-electron chi connectivity index (χ2n) is 10.4. The molecule has 214 valence electrons. The third kappa shape index (κ3) is 8.33. The average Bonchev–Trinajstić information content (AvgIpc) is 3.32. The van der Waals surface area contributed by atoms with Crippen LogP contribution < -0.4 is 20.1 Å². The zero-order valence-corrected chi connectivity index (χ0v) is 23.9. The highest BCUT2D eigenvalue weighted by Gasteiger charge is 2.36. The van der Waals surface area contributed by atoms with Crippen LogP contribution in [0.15, 0.2) is 59.1 Å². The lowest BCUT2D eigenvalue weighted by Crippen LogP contribution is -2.50. The maximum atomic E-state index is 13.9. The third-order valence-electron chi connectivity index (χ3n) is 6.05. The molecule has 0 saturated heterocycles. The van der Waals surface area contributed by atoms with E-state index >= 15 is 0 Å². The maximum absolute atomic E-state index is 13.9. The number of nitrogens with one attached hydrogen (secondary N) is 2. The standard InChI is InChI=1S/C30H38N4O6/c1-20-19-24(33-40-20)31-25(35)15-16-26(36)34(18-17-21-11-8-7-9-12-21)27(29(37)32-30(2,3)4)22-13-10-14-23(38-5)28(22)39-6/h7-14,19,27H,15-18H2,1-6H3,(H,32,37)(H,31,33,35)/t27-/m1/s1. The van der Waals surface area contributed by atoms with Gasteiger partial charge in [-0.1, -0.05) is 47.6 Å². The molecule has 3 aromatic rings. The van der Waals surface area contributed by atoms with Gasteiger partial charge in [0.15, 0.2) is 17.3 Å². The molecule has 2 N–H and O–H groups in total. The van der Waals surface area contributed by atoms with Gasteiger partial charge >= 0.3 is 0 Å². The summed E-state index contributed by atoms with van der Waals surface area (Å²) in [6.45, 7) is 7.56. The van der Waals surface area contributed by atoms with Gasteiger partial charge in [0, 0.05) is 36.6 Å². The molecular weight excluding hydrogens is 512 g/mol. The number of hydrogen-bond donors (Lipinski definition) is 2. The Bertz CT molecular complexity index is 1300. The molecule has 10 nitrogen and oxygen atoms in total. The van der Waals surface area contributed by atoms with Crippen molar-refractivity contribution in [2.24, 2.45) is 0 Å². The van der Waals surface area contributed by atoms with Crippen molar-refractivity contribution >= 4 is 23.5 Å². The largest absolute Gasteiger partial charge is 0.493 e. The number of methoxy groups -OCH3 is 2. The molecule has 40 heavy (non-hydrogen) atoms. The lowest BCUT2D eigenvalue weighted by Gasteiger charge is -2.34. The number of rotatable bonds is 12. The predicted octanol–water partition coefficient (Wildman–Crippen LogP) is 4.45. The van der Waals surface area contributed by atoms with Crippen molar-refractivity contribution in [3.05, 3.63) is 71.5 Å². The number of para-hydroxylation sites is 1. The number of anilines is 1. The van der Waals surface area contributed by atoms with E-state index in [9.17, 15) is 14.4 Å². The molecule has 0 bridgehead atoms. The highest BCUT2D eigenvalue weighted by atomic mass is 16.5. The SMILES string of the molecule is COc1cccc([C@H](C(=O)NC(C)(C)C)N(CCc2ccccc2)C(=O)CCC(=O)Nc2cc(C)on2)c1OC. The van der Waals surface area contributed by atoms with Crippen molar-refractivity contribution in [3.63, 3.8) is 0 Å². The van der Waals surface area contributed by atoms with Crippen molar-refractivity contribution in [2.75, 3.05) is 26.1 Å². The molecule has 0 aliphatic rings. The van der Waals surface area contributed by atoms with Gasteiger partial charge in [0.25, 0.3) is 0 Å². The van der Waals surface area contributed by atoms with Gasteiger partial charge in [-0.3, -0.25) is 14.4 Å². The monoisotopic (exact) mass is 550 g/mol. The van der Waals surface area contributed by atoms with Crippen LogP contribution in [-0.2, 0) is 20.8 Å². The summed E-state index contributed by atoms with van der Waals surface area (Å²) < 4.78 is 16.1. The highest BCUT2D eigenvalue weighted by Crippen LogP contribution is 2.38. The number of hydrogen-bond acceptors (Lipinski definition) is 7. The van der Waals surface area contributed by atoms with Crippen molar-refractivity contribution < 1.29 is 28.4 Å². The number of aryl methyl sites for hydroxylation is 1. The Balaban J connectivity index is 1.97. The van der Waals surface area contributed by atoms with Crippen LogP contribution in [0.3, 0.4) is 0 Å². The number of amides is 3. The van der Waals surface area contributed by atoms with Crippen LogP contribution in [0, 0.1) is 6.92 Å². The number of carbonyl (C=O) groups is 3. The molecule has 1 aromatic heterocycles. The van der Waals surface area contributed by atoms with E-state index in [4.69, 9.17) is 14.0 Å². The van der Waals surface area contributed by atoms with Crippen molar-refractivity contribution in [2.45, 2.75) is 58.5 Å². The zero-order valence-electron chi connectivity index (χ0n) is 23.9. The molecular formula is C30H38N4O6. The molecule has 0 aliphatic heterocycles. The smallest absolute Gasteiger partial charge is 0.247 e. The molecule has 1 heterocycles. The number of carbonyl (C=O) groups excluding carboxylic acids is 3. The van der Waals surface area contributed by atoms with Crippen LogP contribution in [-0.4, -0.2) is 54.1 Å². The molecule has 3 rings (SSSR count). The normalized spacial score (nSPS) is 11.8. The molecule has 0 unspecified atom stereocenters. The summed E-state index contributed by atoms with van der Waals surface area (Å²) in [5.74, 6) is 0.503. The molecule has 1 atom stereocenters. The number of ether oxygens (including phenoxy) is 2. The van der Waals surface area contributed by atoms with Gasteiger partial charge in [-0.25, -0.2) is 0 Å². The third-order valence-corrected chi connectivity index (χ3v) is 6.05. The van der Waals surface area contributed by atoms with Gasteiger partial charge in [0.2, 0.25) is 17.7 Å². The van der Waals surface area contributed by atoms with E-state index in [2.05, 4.69) is 15.8 Å². The summed E-state index contributed by atoms with van der Waals surface area (Å²) in [5.41, 5.74) is 0.921. The number of aromatic nitrogens is 1. The van der Waals surface area contributed by atoms with Crippen LogP contribution in [0.4, 0.5) is 5.82 Å². The van der Waals surface area contributed by atoms with E-state index in [1.807, 2.05) is 51.1 Å². The molecule has 10 heteroatoms. The van der Waals surface area contributed by atoms with Crippen LogP contribution >= 0.6 is 0 Å². The summed E-state index contributed by atoms with van der Waals surface area (Å²) in [5, 5.41) is 9.41. The minimum absolute atomic E-state index is 0.102. The Hall–Kier alpha value is -4.34. The molecule has 2 aromatic carbocycles. The van der Waals surface area contributed by atoms with E-state index in [0.717, 1.165) is 5.56 Å². The fourth-order valence-corrected chi connectivity index (χ4v) is 4.30. The molecule has 3 amide bonds. The van der Waals surface area contributed by atoms with E-state index in [0.29, 0.717) is 29.2 Å². The van der Waals surface area contributed by atoms with Gasteiger partial charge in [0.05, 0.1) is 14.2 Å². The second-order valence-corrected chi connectivity index (χ2v) is 10.4. The number of benzene rings is 2. The van der Waals surface area contributed by atoms with E-state index < -0.39 is 11.6 Å².